The summed E-state index contributed by atoms with van der Waals surface area (Å²) in [7, 11) is 0. The number of para-hydroxylation sites is 2. The number of fused-ring (bicyclic) bond motifs is 4. The second-order valence-corrected chi connectivity index (χ2v) is 8.09. The van der Waals surface area contributed by atoms with Gasteiger partial charge in [-0.25, -0.2) is 9.59 Å². The van der Waals surface area contributed by atoms with E-state index in [0.717, 1.165) is 31.1 Å². The van der Waals surface area contributed by atoms with Crippen molar-refractivity contribution in [2.24, 2.45) is 0 Å². The molecule has 0 fully saturated rings. The molecule has 5 rings (SSSR count). The van der Waals surface area contributed by atoms with E-state index in [4.69, 9.17) is 18.3 Å². The number of rotatable bonds is 7. The van der Waals surface area contributed by atoms with Crippen LogP contribution < -0.4 is 16.0 Å². The highest BCUT2D eigenvalue weighted by molar-refractivity contribution is 5.82. The standard InChI is InChI=1S/C27H24O6/c1-2-3-4-9-14-30-27-21-16-20(19-15-17-10-5-7-12-22(17)31-25(19)28)26(29)33-24(21)18-11-6-8-13-23(18)32-27/h5-8,10-13,15-16,27H,2-4,9,14H2,1H3. The Morgan fingerprint density at radius 1 is 0.818 bits per heavy atom. The Kier molecular flexibility index (Phi) is 5.84. The van der Waals surface area contributed by atoms with Gasteiger partial charge in [-0.3, -0.25) is 0 Å². The first kappa shape index (κ1) is 21.2. The van der Waals surface area contributed by atoms with E-state index < -0.39 is 17.5 Å². The van der Waals surface area contributed by atoms with Crippen molar-refractivity contribution >= 4 is 11.0 Å². The average molecular weight is 444 g/mol. The zero-order chi connectivity index (χ0) is 22.8. The van der Waals surface area contributed by atoms with Crippen LogP contribution in [0.15, 0.2) is 79.1 Å². The van der Waals surface area contributed by atoms with E-state index in [1.54, 1.807) is 24.3 Å². The summed E-state index contributed by atoms with van der Waals surface area (Å²) < 4.78 is 23.4. The molecule has 33 heavy (non-hydrogen) atoms. The minimum absolute atomic E-state index is 0.121. The molecule has 0 aliphatic carbocycles. The van der Waals surface area contributed by atoms with Crippen LogP contribution >= 0.6 is 0 Å². The maximum atomic E-state index is 13.0. The minimum Gasteiger partial charge on any atom is -0.460 e. The van der Waals surface area contributed by atoms with Crippen LogP contribution in [0.25, 0.3) is 33.4 Å². The molecule has 6 heteroatoms. The molecule has 1 unspecified atom stereocenters. The Bertz CT molecular complexity index is 1410. The van der Waals surface area contributed by atoms with Crippen molar-refractivity contribution in [3.63, 3.8) is 0 Å². The molecule has 1 atom stereocenters. The molecule has 6 nitrogen and oxygen atoms in total. The summed E-state index contributed by atoms with van der Waals surface area (Å²) in [5.74, 6) is 0.985. The highest BCUT2D eigenvalue weighted by atomic mass is 16.7. The number of ether oxygens (including phenoxy) is 2. The van der Waals surface area contributed by atoms with Crippen LogP contribution in [-0.2, 0) is 4.74 Å². The molecule has 0 radical (unpaired) electrons. The van der Waals surface area contributed by atoms with Gasteiger partial charge < -0.3 is 18.3 Å². The first-order valence-corrected chi connectivity index (χ1v) is 11.2. The highest BCUT2D eigenvalue weighted by Crippen LogP contribution is 2.43. The Labute approximate surface area is 190 Å². The Morgan fingerprint density at radius 3 is 2.45 bits per heavy atom. The van der Waals surface area contributed by atoms with Gasteiger partial charge >= 0.3 is 11.3 Å². The quantitative estimate of drug-likeness (QED) is 0.254. The molecule has 1 aliphatic heterocycles. The van der Waals surface area contributed by atoms with Crippen LogP contribution in [0.1, 0.15) is 44.5 Å². The molecule has 0 saturated heterocycles. The van der Waals surface area contributed by atoms with Gasteiger partial charge in [-0.15, -0.1) is 0 Å². The van der Waals surface area contributed by atoms with Gasteiger partial charge in [0.15, 0.2) is 5.76 Å². The SMILES string of the molecule is CCCCCCOC1Oc2ccccc2-c2oc(=O)c(-c3cc4ccccc4oc3=O)cc21. The van der Waals surface area contributed by atoms with Crippen molar-refractivity contribution in [2.45, 2.75) is 38.9 Å². The van der Waals surface area contributed by atoms with E-state index in [0.29, 0.717) is 34.8 Å². The molecule has 4 aromatic rings. The summed E-state index contributed by atoms with van der Waals surface area (Å²) in [6.45, 7) is 2.67. The lowest BCUT2D eigenvalue weighted by atomic mass is 9.99. The molecule has 0 bridgehead atoms. The average Bonchev–Trinajstić information content (AvgIpc) is 2.83. The largest absolute Gasteiger partial charge is 0.460 e. The Morgan fingerprint density at radius 2 is 1.58 bits per heavy atom. The first-order chi connectivity index (χ1) is 16.2. The van der Waals surface area contributed by atoms with Gasteiger partial charge in [0, 0.05) is 5.39 Å². The normalized spacial score (nSPS) is 14.5. The first-order valence-electron chi connectivity index (χ1n) is 11.2. The fourth-order valence-electron chi connectivity index (χ4n) is 4.09. The lowest BCUT2D eigenvalue weighted by molar-refractivity contribution is -0.0872. The number of hydrogen-bond acceptors (Lipinski definition) is 6. The van der Waals surface area contributed by atoms with Crippen molar-refractivity contribution in [1.82, 2.24) is 0 Å². The summed E-state index contributed by atoms with van der Waals surface area (Å²) in [6, 6.07) is 17.8. The van der Waals surface area contributed by atoms with E-state index in [-0.39, 0.29) is 11.1 Å². The van der Waals surface area contributed by atoms with Gasteiger partial charge in [0.25, 0.3) is 0 Å². The summed E-state index contributed by atoms with van der Waals surface area (Å²) >= 11 is 0. The molecule has 1 aliphatic rings. The van der Waals surface area contributed by atoms with Crippen LogP contribution in [0.2, 0.25) is 0 Å². The predicted octanol–water partition coefficient (Wildman–Crippen LogP) is 6.07. The Balaban J connectivity index is 1.59. The van der Waals surface area contributed by atoms with Gasteiger partial charge in [-0.1, -0.05) is 56.5 Å². The molecule has 0 amide bonds. The van der Waals surface area contributed by atoms with E-state index in [9.17, 15) is 9.59 Å². The third-order valence-corrected chi connectivity index (χ3v) is 5.80. The molecule has 0 spiro atoms. The van der Waals surface area contributed by atoms with E-state index >= 15 is 0 Å². The second-order valence-electron chi connectivity index (χ2n) is 8.09. The maximum Gasteiger partial charge on any atom is 0.344 e. The predicted molar refractivity (Wildman–Crippen MR) is 125 cm³/mol. The lowest BCUT2D eigenvalue weighted by Crippen LogP contribution is -2.21. The monoisotopic (exact) mass is 444 g/mol. The number of benzene rings is 2. The summed E-state index contributed by atoms with van der Waals surface area (Å²) in [6.07, 6.45) is 3.51. The van der Waals surface area contributed by atoms with Crippen molar-refractivity contribution in [2.75, 3.05) is 6.61 Å². The Hall–Kier alpha value is -3.64. The maximum absolute atomic E-state index is 13.0. The minimum atomic E-state index is -0.743. The molecule has 168 valence electrons. The molecule has 3 heterocycles. The topological polar surface area (TPSA) is 78.9 Å². The third-order valence-electron chi connectivity index (χ3n) is 5.80. The molecule has 2 aromatic heterocycles. The van der Waals surface area contributed by atoms with Gasteiger partial charge in [-0.05, 0) is 36.8 Å². The van der Waals surface area contributed by atoms with Crippen molar-refractivity contribution in [3.05, 3.63) is 87.1 Å². The van der Waals surface area contributed by atoms with Crippen LogP contribution in [0, 0.1) is 0 Å². The van der Waals surface area contributed by atoms with Crippen molar-refractivity contribution < 1.29 is 18.3 Å². The fraction of sp³-hybridized carbons (Fsp3) is 0.259. The fourth-order valence-corrected chi connectivity index (χ4v) is 4.09. The highest BCUT2D eigenvalue weighted by Gasteiger charge is 2.31. The van der Waals surface area contributed by atoms with Crippen LogP contribution in [0.3, 0.4) is 0 Å². The molecule has 0 N–H and O–H groups in total. The van der Waals surface area contributed by atoms with E-state index in [2.05, 4.69) is 6.92 Å². The third kappa shape index (κ3) is 4.10. The van der Waals surface area contributed by atoms with Gasteiger partial charge in [0.2, 0.25) is 6.29 Å². The van der Waals surface area contributed by atoms with Crippen LogP contribution in [0.5, 0.6) is 5.75 Å². The lowest BCUT2D eigenvalue weighted by Gasteiger charge is -2.27. The van der Waals surface area contributed by atoms with Crippen molar-refractivity contribution in [1.29, 1.82) is 0 Å². The van der Waals surface area contributed by atoms with Gasteiger partial charge in [0.05, 0.1) is 28.9 Å². The van der Waals surface area contributed by atoms with E-state index in [1.807, 2.05) is 36.4 Å². The smallest absolute Gasteiger partial charge is 0.344 e. The number of hydrogen-bond donors (Lipinski definition) is 0. The van der Waals surface area contributed by atoms with Crippen molar-refractivity contribution in [3.8, 4) is 28.2 Å². The summed E-state index contributed by atoms with van der Waals surface area (Å²) in [4.78, 5) is 25.7. The van der Waals surface area contributed by atoms with Crippen LogP contribution in [-0.4, -0.2) is 6.61 Å². The summed E-state index contributed by atoms with van der Waals surface area (Å²) in [5.41, 5.74) is 0.754. The van der Waals surface area contributed by atoms with Gasteiger partial charge in [0.1, 0.15) is 11.3 Å². The summed E-state index contributed by atoms with van der Waals surface area (Å²) in [5, 5.41) is 0.717. The van der Waals surface area contributed by atoms with E-state index in [1.165, 1.54) is 0 Å². The molecular formula is C27H24O6. The van der Waals surface area contributed by atoms with Gasteiger partial charge in [-0.2, -0.15) is 0 Å². The molecular weight excluding hydrogens is 420 g/mol. The zero-order valence-electron chi connectivity index (χ0n) is 18.3. The molecule has 2 aromatic carbocycles. The number of unbranched alkanes of at least 4 members (excludes halogenated alkanes) is 3. The zero-order valence-corrected chi connectivity index (χ0v) is 18.3. The second kappa shape index (κ2) is 9.08. The van der Waals surface area contributed by atoms with Crippen LogP contribution in [0.4, 0.5) is 0 Å². The molecule has 0 saturated carbocycles.